The number of rotatable bonds is 3. The predicted molar refractivity (Wildman–Crippen MR) is 80.2 cm³/mol. The van der Waals surface area contributed by atoms with E-state index in [0.29, 0.717) is 11.1 Å². The number of carboxylic acid groups (broad SMARTS) is 1. The van der Waals surface area contributed by atoms with E-state index < -0.39 is 11.9 Å². The molecular weight excluding hydrogens is 315 g/mol. The lowest BCUT2D eigenvalue weighted by atomic mass is 10.0. The van der Waals surface area contributed by atoms with Gasteiger partial charge in [0.1, 0.15) is 0 Å². The molecule has 21 heavy (non-hydrogen) atoms. The van der Waals surface area contributed by atoms with Crippen LogP contribution in [0.25, 0.3) is 11.1 Å². The summed E-state index contributed by atoms with van der Waals surface area (Å²) in [6, 6.07) is 9.39. The first-order valence-electron chi connectivity index (χ1n) is 5.85. The number of carbonyl (C=O) groups is 2. The minimum absolute atomic E-state index is 0.0163. The predicted octanol–water partition coefficient (Wildman–Crippen LogP) is 4.15. The summed E-state index contributed by atoms with van der Waals surface area (Å²) in [6.45, 7) is 0. The molecule has 0 saturated heterocycles. The number of ether oxygens (including phenoxy) is 1. The lowest BCUT2D eigenvalue weighted by Gasteiger charge is -2.08. The second kappa shape index (κ2) is 6.16. The Balaban J connectivity index is 2.50. The van der Waals surface area contributed by atoms with Crippen molar-refractivity contribution in [1.29, 1.82) is 0 Å². The van der Waals surface area contributed by atoms with E-state index in [1.165, 1.54) is 19.2 Å². The zero-order valence-corrected chi connectivity index (χ0v) is 12.4. The molecule has 0 bridgehead atoms. The van der Waals surface area contributed by atoms with E-state index in [2.05, 4.69) is 4.74 Å². The van der Waals surface area contributed by atoms with Crippen LogP contribution in [0.1, 0.15) is 20.7 Å². The monoisotopic (exact) mass is 324 g/mol. The topological polar surface area (TPSA) is 63.6 Å². The first kappa shape index (κ1) is 15.4. The van der Waals surface area contributed by atoms with Crippen LogP contribution in [0, 0.1) is 0 Å². The molecule has 0 radical (unpaired) electrons. The van der Waals surface area contributed by atoms with Gasteiger partial charge in [0.25, 0.3) is 0 Å². The molecule has 0 amide bonds. The summed E-state index contributed by atoms with van der Waals surface area (Å²) in [5.41, 5.74) is 1.60. The molecule has 0 aromatic heterocycles. The number of benzene rings is 2. The molecule has 0 aliphatic heterocycles. The van der Waals surface area contributed by atoms with Gasteiger partial charge in [-0.2, -0.15) is 0 Å². The molecule has 2 aromatic carbocycles. The third-order valence-corrected chi connectivity index (χ3v) is 3.55. The van der Waals surface area contributed by atoms with E-state index >= 15 is 0 Å². The third kappa shape index (κ3) is 3.17. The van der Waals surface area contributed by atoms with Gasteiger partial charge in [0.15, 0.2) is 0 Å². The minimum Gasteiger partial charge on any atom is -0.478 e. The summed E-state index contributed by atoms with van der Waals surface area (Å²) in [4.78, 5) is 22.6. The summed E-state index contributed by atoms with van der Waals surface area (Å²) in [7, 11) is 1.27. The van der Waals surface area contributed by atoms with Crippen molar-refractivity contribution in [3.05, 3.63) is 57.6 Å². The van der Waals surface area contributed by atoms with Crippen LogP contribution in [0.4, 0.5) is 0 Å². The van der Waals surface area contributed by atoms with E-state index in [0.717, 1.165) is 0 Å². The van der Waals surface area contributed by atoms with Crippen molar-refractivity contribution in [1.82, 2.24) is 0 Å². The average molecular weight is 325 g/mol. The lowest BCUT2D eigenvalue weighted by molar-refractivity contribution is 0.0600. The van der Waals surface area contributed by atoms with E-state index in [1.807, 2.05) is 0 Å². The lowest BCUT2D eigenvalue weighted by Crippen LogP contribution is -2.02. The van der Waals surface area contributed by atoms with Crippen LogP contribution in [-0.2, 0) is 4.74 Å². The van der Waals surface area contributed by atoms with Gasteiger partial charge >= 0.3 is 11.9 Å². The molecule has 0 aliphatic rings. The fourth-order valence-corrected chi connectivity index (χ4v) is 2.30. The maximum atomic E-state index is 11.6. The number of carboxylic acids is 1. The van der Waals surface area contributed by atoms with Crippen LogP contribution in [-0.4, -0.2) is 24.2 Å². The Kier molecular flexibility index (Phi) is 4.50. The van der Waals surface area contributed by atoms with Crippen molar-refractivity contribution in [3.63, 3.8) is 0 Å². The fraction of sp³-hybridized carbons (Fsp3) is 0.0667. The quantitative estimate of drug-likeness (QED) is 0.861. The van der Waals surface area contributed by atoms with Crippen LogP contribution < -0.4 is 0 Å². The Morgan fingerprint density at radius 3 is 2.14 bits per heavy atom. The zero-order valence-electron chi connectivity index (χ0n) is 10.9. The SMILES string of the molecule is COC(=O)c1cc(-c2ccc(C(=O)O)c(Cl)c2)ccc1Cl. The average Bonchev–Trinajstić information content (AvgIpc) is 2.46. The van der Waals surface area contributed by atoms with Crippen molar-refractivity contribution in [2.24, 2.45) is 0 Å². The van der Waals surface area contributed by atoms with Crippen molar-refractivity contribution >= 4 is 35.1 Å². The molecule has 6 heteroatoms. The van der Waals surface area contributed by atoms with Gasteiger partial charge in [0.05, 0.1) is 28.3 Å². The highest BCUT2D eigenvalue weighted by atomic mass is 35.5. The van der Waals surface area contributed by atoms with Gasteiger partial charge in [0, 0.05) is 0 Å². The molecule has 0 fully saturated rings. The number of esters is 1. The van der Waals surface area contributed by atoms with E-state index in [4.69, 9.17) is 28.3 Å². The second-order valence-electron chi connectivity index (χ2n) is 4.19. The van der Waals surface area contributed by atoms with Gasteiger partial charge in [0.2, 0.25) is 0 Å². The van der Waals surface area contributed by atoms with Crippen molar-refractivity contribution in [2.75, 3.05) is 7.11 Å². The first-order chi connectivity index (χ1) is 9.93. The Morgan fingerprint density at radius 2 is 1.57 bits per heavy atom. The molecular formula is C15H10Cl2O4. The molecule has 2 aromatic rings. The van der Waals surface area contributed by atoms with Crippen molar-refractivity contribution < 1.29 is 19.4 Å². The van der Waals surface area contributed by atoms with Crippen LogP contribution in [0.2, 0.25) is 10.0 Å². The number of aromatic carboxylic acids is 1. The summed E-state index contributed by atoms with van der Waals surface area (Å²) < 4.78 is 4.66. The Morgan fingerprint density at radius 1 is 0.952 bits per heavy atom. The number of halogens is 2. The highest BCUT2D eigenvalue weighted by Crippen LogP contribution is 2.29. The van der Waals surface area contributed by atoms with Gasteiger partial charge in [-0.1, -0.05) is 35.3 Å². The van der Waals surface area contributed by atoms with E-state index in [1.54, 1.807) is 24.3 Å². The van der Waals surface area contributed by atoms with Gasteiger partial charge in [-0.3, -0.25) is 0 Å². The first-order valence-corrected chi connectivity index (χ1v) is 6.60. The van der Waals surface area contributed by atoms with E-state index in [-0.39, 0.29) is 21.2 Å². The molecule has 0 unspecified atom stereocenters. The van der Waals surface area contributed by atoms with Crippen LogP contribution >= 0.6 is 23.2 Å². The highest BCUT2D eigenvalue weighted by molar-refractivity contribution is 6.34. The molecule has 4 nitrogen and oxygen atoms in total. The Bertz CT molecular complexity index is 726. The molecule has 0 atom stereocenters. The van der Waals surface area contributed by atoms with Crippen molar-refractivity contribution in [2.45, 2.75) is 0 Å². The second-order valence-corrected chi connectivity index (χ2v) is 5.00. The number of hydrogen-bond donors (Lipinski definition) is 1. The Hall–Kier alpha value is -2.04. The molecule has 0 saturated carbocycles. The van der Waals surface area contributed by atoms with Gasteiger partial charge < -0.3 is 9.84 Å². The third-order valence-electron chi connectivity index (χ3n) is 2.90. The van der Waals surface area contributed by atoms with Crippen LogP contribution in [0.3, 0.4) is 0 Å². The number of methoxy groups -OCH3 is 1. The van der Waals surface area contributed by atoms with E-state index in [9.17, 15) is 9.59 Å². The maximum Gasteiger partial charge on any atom is 0.339 e. The summed E-state index contributed by atoms with van der Waals surface area (Å²) in [6.07, 6.45) is 0. The van der Waals surface area contributed by atoms with Crippen LogP contribution in [0.5, 0.6) is 0 Å². The molecule has 108 valence electrons. The molecule has 1 N–H and O–H groups in total. The summed E-state index contributed by atoms with van der Waals surface area (Å²) >= 11 is 11.9. The zero-order chi connectivity index (χ0) is 15.6. The molecule has 2 rings (SSSR count). The van der Waals surface area contributed by atoms with Gasteiger partial charge in [-0.15, -0.1) is 0 Å². The smallest absolute Gasteiger partial charge is 0.339 e. The molecule has 0 spiro atoms. The van der Waals surface area contributed by atoms with Gasteiger partial charge in [-0.05, 0) is 35.4 Å². The molecule has 0 aliphatic carbocycles. The largest absolute Gasteiger partial charge is 0.478 e. The van der Waals surface area contributed by atoms with Gasteiger partial charge in [-0.25, -0.2) is 9.59 Å². The summed E-state index contributed by atoms with van der Waals surface area (Å²) in [5, 5.41) is 9.35. The molecule has 0 heterocycles. The van der Waals surface area contributed by atoms with Crippen LogP contribution in [0.15, 0.2) is 36.4 Å². The standard InChI is InChI=1S/C15H10Cl2O4/c1-21-15(20)11-6-8(3-5-12(11)16)9-2-4-10(14(18)19)13(17)7-9/h2-7H,1H3,(H,18,19). The normalized spacial score (nSPS) is 10.2. The minimum atomic E-state index is -1.10. The summed E-state index contributed by atoms with van der Waals surface area (Å²) in [5.74, 6) is -1.65. The number of carbonyl (C=O) groups excluding carboxylic acids is 1. The maximum absolute atomic E-state index is 11.6. The van der Waals surface area contributed by atoms with Crippen molar-refractivity contribution in [3.8, 4) is 11.1 Å². The highest BCUT2D eigenvalue weighted by Gasteiger charge is 2.14. The fourth-order valence-electron chi connectivity index (χ4n) is 1.84. The Labute approximate surface area is 130 Å². The number of hydrogen-bond acceptors (Lipinski definition) is 3.